The highest BCUT2D eigenvalue weighted by molar-refractivity contribution is 8.03. The van der Waals surface area contributed by atoms with Crippen LogP contribution in [0.3, 0.4) is 0 Å². The molecule has 5 nitrogen and oxygen atoms in total. The monoisotopic (exact) mass is 298 g/mol. The second-order valence-electron chi connectivity index (χ2n) is 5.80. The van der Waals surface area contributed by atoms with E-state index < -0.39 is 0 Å². The second kappa shape index (κ2) is 5.68. The smallest absolute Gasteiger partial charge is 0.337 e. The summed E-state index contributed by atoms with van der Waals surface area (Å²) in [5.74, 6) is 0.192. The summed E-state index contributed by atoms with van der Waals surface area (Å²) >= 11 is 1.63. The number of nitrogens with zero attached hydrogens (tertiary/aromatic N) is 1. The Morgan fingerprint density at radius 3 is 2.60 bits per heavy atom. The number of thioether (sulfide) groups is 1. The minimum atomic E-state index is -0.289. The lowest BCUT2D eigenvalue weighted by atomic mass is 10.0. The summed E-state index contributed by atoms with van der Waals surface area (Å²) in [7, 11) is 0. The standard InChI is InChI=1S/C14H22N2O3S/c1-7(2)19-14(18)11-8(3)5-16-10(6-20-13(11)16)9(4)12(15)17/h7-10H,5-6H2,1-4H3,(H2,15,17). The van der Waals surface area contributed by atoms with Crippen LogP contribution in [0, 0.1) is 11.8 Å². The average Bonchev–Trinajstić information content (AvgIpc) is 2.84. The summed E-state index contributed by atoms with van der Waals surface area (Å²) in [5, 5.41) is 0.973. The fraction of sp³-hybridized carbons (Fsp3) is 0.714. The molecule has 6 heteroatoms. The van der Waals surface area contributed by atoms with E-state index in [1.165, 1.54) is 0 Å². The molecule has 0 aromatic heterocycles. The first kappa shape index (κ1) is 15.2. The number of carbonyl (C=O) groups excluding carboxylic acids is 2. The summed E-state index contributed by atoms with van der Waals surface area (Å²) in [4.78, 5) is 25.8. The molecule has 112 valence electrons. The topological polar surface area (TPSA) is 72.6 Å². The van der Waals surface area contributed by atoms with E-state index in [0.717, 1.165) is 22.9 Å². The minimum Gasteiger partial charge on any atom is -0.460 e. The largest absolute Gasteiger partial charge is 0.460 e. The lowest BCUT2D eigenvalue weighted by Gasteiger charge is -2.27. The number of ether oxygens (including phenoxy) is 1. The van der Waals surface area contributed by atoms with E-state index in [1.54, 1.807) is 11.8 Å². The normalized spacial score (nSPS) is 26.9. The Bertz CT molecular complexity index is 461. The molecule has 2 N–H and O–H groups in total. The molecule has 20 heavy (non-hydrogen) atoms. The predicted molar refractivity (Wildman–Crippen MR) is 78.7 cm³/mol. The number of carbonyl (C=O) groups is 2. The molecule has 3 unspecified atom stereocenters. The van der Waals surface area contributed by atoms with E-state index >= 15 is 0 Å². The van der Waals surface area contributed by atoms with Crippen molar-refractivity contribution in [3.8, 4) is 0 Å². The highest BCUT2D eigenvalue weighted by atomic mass is 32.2. The maximum absolute atomic E-state index is 12.2. The molecule has 0 saturated carbocycles. The summed E-state index contributed by atoms with van der Waals surface area (Å²) in [6.07, 6.45) is -0.122. The maximum atomic E-state index is 12.2. The zero-order valence-corrected chi connectivity index (χ0v) is 13.2. The van der Waals surface area contributed by atoms with Crippen molar-refractivity contribution in [3.05, 3.63) is 10.6 Å². The van der Waals surface area contributed by atoms with Crippen molar-refractivity contribution in [2.45, 2.75) is 39.8 Å². The van der Waals surface area contributed by atoms with Crippen LogP contribution in [-0.4, -0.2) is 41.2 Å². The Morgan fingerprint density at radius 1 is 1.40 bits per heavy atom. The molecule has 0 aromatic carbocycles. The van der Waals surface area contributed by atoms with Crippen molar-refractivity contribution >= 4 is 23.6 Å². The summed E-state index contributed by atoms with van der Waals surface area (Å²) in [6, 6.07) is 0.0827. The quantitative estimate of drug-likeness (QED) is 0.793. The number of amides is 1. The van der Waals surface area contributed by atoms with Gasteiger partial charge in [-0.1, -0.05) is 13.8 Å². The maximum Gasteiger partial charge on any atom is 0.337 e. The second-order valence-corrected chi connectivity index (χ2v) is 6.80. The van der Waals surface area contributed by atoms with E-state index in [4.69, 9.17) is 10.5 Å². The molecule has 1 amide bonds. The lowest BCUT2D eigenvalue weighted by molar-refractivity contribution is -0.143. The molecule has 0 radical (unpaired) electrons. The van der Waals surface area contributed by atoms with Crippen LogP contribution in [0.4, 0.5) is 0 Å². The van der Waals surface area contributed by atoms with E-state index in [9.17, 15) is 9.59 Å². The van der Waals surface area contributed by atoms with Crippen molar-refractivity contribution in [1.29, 1.82) is 0 Å². The van der Waals surface area contributed by atoms with Crippen LogP contribution in [0.1, 0.15) is 27.7 Å². The van der Waals surface area contributed by atoms with Gasteiger partial charge in [0, 0.05) is 18.2 Å². The van der Waals surface area contributed by atoms with Crippen molar-refractivity contribution in [1.82, 2.24) is 4.90 Å². The molecule has 2 aliphatic rings. The van der Waals surface area contributed by atoms with Gasteiger partial charge in [-0.15, -0.1) is 11.8 Å². The summed E-state index contributed by atoms with van der Waals surface area (Å²) < 4.78 is 5.33. The fourth-order valence-electron chi connectivity index (χ4n) is 2.71. The highest BCUT2D eigenvalue weighted by Gasteiger charge is 2.44. The van der Waals surface area contributed by atoms with Crippen molar-refractivity contribution in [2.75, 3.05) is 12.3 Å². The summed E-state index contributed by atoms with van der Waals surface area (Å²) in [6.45, 7) is 8.33. The van der Waals surface area contributed by atoms with Gasteiger partial charge < -0.3 is 15.4 Å². The van der Waals surface area contributed by atoms with Gasteiger partial charge in [-0.2, -0.15) is 0 Å². The SMILES string of the molecule is CC(C)OC(=O)C1=C2SCC(C(C)C(N)=O)N2CC1C. The Balaban J connectivity index is 2.22. The molecule has 0 spiro atoms. The van der Waals surface area contributed by atoms with Crippen molar-refractivity contribution in [3.63, 3.8) is 0 Å². The van der Waals surface area contributed by atoms with Gasteiger partial charge >= 0.3 is 5.97 Å². The van der Waals surface area contributed by atoms with Crippen molar-refractivity contribution in [2.24, 2.45) is 17.6 Å². The third kappa shape index (κ3) is 2.66. The van der Waals surface area contributed by atoms with Crippen molar-refractivity contribution < 1.29 is 14.3 Å². The number of nitrogens with two attached hydrogens (primary N) is 1. The number of rotatable bonds is 4. The Hall–Kier alpha value is -1.17. The van der Waals surface area contributed by atoms with Gasteiger partial charge in [-0.3, -0.25) is 4.79 Å². The molecule has 0 aromatic rings. The molecule has 2 aliphatic heterocycles. The molecule has 1 fully saturated rings. The van der Waals surface area contributed by atoms with Gasteiger partial charge in [0.15, 0.2) is 0 Å². The van der Waals surface area contributed by atoms with Crippen LogP contribution >= 0.6 is 11.8 Å². The lowest BCUT2D eigenvalue weighted by Crippen LogP contribution is -2.41. The van der Waals surface area contributed by atoms with Gasteiger partial charge in [0.1, 0.15) is 0 Å². The minimum absolute atomic E-state index is 0.0827. The van der Waals surface area contributed by atoms with Gasteiger partial charge in [-0.05, 0) is 13.8 Å². The van der Waals surface area contributed by atoms with Crippen LogP contribution < -0.4 is 5.73 Å². The number of hydrogen-bond acceptors (Lipinski definition) is 5. The molecule has 2 heterocycles. The molecule has 3 atom stereocenters. The number of primary amides is 1. The molecular formula is C14H22N2O3S. The molecule has 0 aliphatic carbocycles. The average molecular weight is 298 g/mol. The van der Waals surface area contributed by atoms with Crippen LogP contribution in [0.15, 0.2) is 10.6 Å². The first-order chi connectivity index (χ1) is 9.32. The summed E-state index contributed by atoms with van der Waals surface area (Å²) in [5.41, 5.74) is 6.16. The van der Waals surface area contributed by atoms with Gasteiger partial charge in [0.2, 0.25) is 5.91 Å². The number of hydrogen-bond donors (Lipinski definition) is 1. The first-order valence-corrected chi connectivity index (χ1v) is 7.95. The number of fused-ring (bicyclic) bond motifs is 1. The van der Waals surface area contributed by atoms with Gasteiger partial charge in [-0.25, -0.2) is 4.79 Å². The van der Waals surface area contributed by atoms with E-state index in [0.29, 0.717) is 0 Å². The van der Waals surface area contributed by atoms with Crippen LogP contribution in [0.25, 0.3) is 0 Å². The Labute approximate surface area is 123 Å². The fourth-order valence-corrected chi connectivity index (χ4v) is 4.32. The van der Waals surface area contributed by atoms with Gasteiger partial charge in [0.05, 0.1) is 28.7 Å². The Morgan fingerprint density at radius 2 is 2.05 bits per heavy atom. The van der Waals surface area contributed by atoms with Gasteiger partial charge in [0.25, 0.3) is 0 Å². The molecule has 1 saturated heterocycles. The van der Waals surface area contributed by atoms with E-state index in [1.807, 2.05) is 27.7 Å². The zero-order chi connectivity index (χ0) is 15.0. The molecule has 0 bridgehead atoms. The third-order valence-electron chi connectivity index (χ3n) is 3.83. The molecule has 2 rings (SSSR count). The predicted octanol–water partition coefficient (Wildman–Crippen LogP) is 1.34. The zero-order valence-electron chi connectivity index (χ0n) is 12.4. The van der Waals surface area contributed by atoms with E-state index in [-0.39, 0.29) is 35.9 Å². The third-order valence-corrected chi connectivity index (χ3v) is 5.07. The van der Waals surface area contributed by atoms with Crippen LogP contribution in [0.5, 0.6) is 0 Å². The van der Waals surface area contributed by atoms with Crippen LogP contribution in [-0.2, 0) is 14.3 Å². The molecular weight excluding hydrogens is 276 g/mol. The number of esters is 1. The first-order valence-electron chi connectivity index (χ1n) is 6.96. The van der Waals surface area contributed by atoms with E-state index in [2.05, 4.69) is 4.90 Å². The highest BCUT2D eigenvalue weighted by Crippen LogP contribution is 2.45. The van der Waals surface area contributed by atoms with Crippen LogP contribution in [0.2, 0.25) is 0 Å². The Kier molecular flexibility index (Phi) is 4.32.